The van der Waals surface area contributed by atoms with Crippen LogP contribution in [-0.4, -0.2) is 31.8 Å². The molecule has 0 amide bonds. The van der Waals surface area contributed by atoms with Crippen molar-refractivity contribution in [3.8, 4) is 0 Å². The SMILES string of the molecule is CN=C(NCc1cccc(COCC(F)(F)F)c1)NC1CCCC1. The Balaban J connectivity index is 1.80. The molecule has 0 saturated heterocycles. The highest BCUT2D eigenvalue weighted by molar-refractivity contribution is 5.79. The molecule has 0 unspecified atom stereocenters. The largest absolute Gasteiger partial charge is 0.411 e. The van der Waals surface area contributed by atoms with Gasteiger partial charge in [0.15, 0.2) is 5.96 Å². The Hall–Kier alpha value is -1.76. The highest BCUT2D eigenvalue weighted by Gasteiger charge is 2.27. The maximum absolute atomic E-state index is 12.1. The number of hydrogen-bond acceptors (Lipinski definition) is 2. The fraction of sp³-hybridized carbons (Fsp3) is 0.588. The Bertz CT molecular complexity index is 540. The van der Waals surface area contributed by atoms with Crippen LogP contribution in [0.1, 0.15) is 36.8 Å². The number of guanidine groups is 1. The van der Waals surface area contributed by atoms with Crippen molar-refractivity contribution in [3.05, 3.63) is 35.4 Å². The fourth-order valence-electron chi connectivity index (χ4n) is 2.76. The molecular formula is C17H24F3N3O. The Morgan fingerprint density at radius 1 is 1.25 bits per heavy atom. The molecule has 1 aliphatic carbocycles. The molecule has 0 atom stereocenters. The van der Waals surface area contributed by atoms with E-state index in [1.807, 2.05) is 18.2 Å². The summed E-state index contributed by atoms with van der Waals surface area (Å²) in [7, 11) is 1.73. The first-order valence-corrected chi connectivity index (χ1v) is 8.16. The van der Waals surface area contributed by atoms with E-state index in [2.05, 4.69) is 15.6 Å². The number of nitrogens with one attached hydrogen (secondary N) is 2. The number of benzene rings is 1. The van der Waals surface area contributed by atoms with Gasteiger partial charge in [-0.3, -0.25) is 4.99 Å². The van der Waals surface area contributed by atoms with Gasteiger partial charge in [0.05, 0.1) is 6.61 Å². The van der Waals surface area contributed by atoms with Crippen molar-refractivity contribution in [3.63, 3.8) is 0 Å². The summed E-state index contributed by atoms with van der Waals surface area (Å²) in [6.07, 6.45) is 0.514. The number of alkyl halides is 3. The molecule has 1 aromatic rings. The molecule has 0 spiro atoms. The van der Waals surface area contributed by atoms with Crippen LogP contribution in [0.15, 0.2) is 29.3 Å². The minimum Gasteiger partial charge on any atom is -0.367 e. The van der Waals surface area contributed by atoms with Crippen LogP contribution in [0.4, 0.5) is 13.2 Å². The molecule has 0 radical (unpaired) electrons. The van der Waals surface area contributed by atoms with E-state index < -0.39 is 12.8 Å². The summed E-state index contributed by atoms with van der Waals surface area (Å²) in [5.41, 5.74) is 1.69. The molecule has 0 aliphatic heterocycles. The molecule has 4 nitrogen and oxygen atoms in total. The molecule has 7 heteroatoms. The minimum absolute atomic E-state index is 0.0532. The van der Waals surface area contributed by atoms with Crippen LogP contribution in [0.5, 0.6) is 0 Å². The van der Waals surface area contributed by atoms with E-state index in [0.29, 0.717) is 12.6 Å². The summed E-state index contributed by atoms with van der Waals surface area (Å²) >= 11 is 0. The molecule has 24 heavy (non-hydrogen) atoms. The zero-order valence-electron chi connectivity index (χ0n) is 13.8. The van der Waals surface area contributed by atoms with Crippen molar-refractivity contribution in [1.29, 1.82) is 0 Å². The van der Waals surface area contributed by atoms with E-state index in [1.54, 1.807) is 13.1 Å². The Labute approximate surface area is 140 Å². The van der Waals surface area contributed by atoms with Gasteiger partial charge in [-0.1, -0.05) is 37.1 Å². The molecular weight excluding hydrogens is 319 g/mol. The second-order valence-corrected chi connectivity index (χ2v) is 5.98. The third kappa shape index (κ3) is 6.78. The normalized spacial score (nSPS) is 16.4. The Morgan fingerprint density at radius 3 is 2.62 bits per heavy atom. The van der Waals surface area contributed by atoms with Gasteiger partial charge in [0.1, 0.15) is 6.61 Å². The standard InChI is InChI=1S/C17H24F3N3O/c1-21-16(23-15-7-2-3-8-15)22-10-13-5-4-6-14(9-13)11-24-12-17(18,19)20/h4-6,9,15H,2-3,7-8,10-12H2,1H3,(H2,21,22,23). The van der Waals surface area contributed by atoms with Gasteiger partial charge in [0.2, 0.25) is 0 Å². The van der Waals surface area contributed by atoms with E-state index in [0.717, 1.165) is 29.9 Å². The Morgan fingerprint density at radius 2 is 1.96 bits per heavy atom. The number of halogens is 3. The number of hydrogen-bond donors (Lipinski definition) is 2. The van der Waals surface area contributed by atoms with Crippen LogP contribution in [0.25, 0.3) is 0 Å². The van der Waals surface area contributed by atoms with Gasteiger partial charge in [-0.2, -0.15) is 13.2 Å². The molecule has 2 N–H and O–H groups in total. The van der Waals surface area contributed by atoms with Gasteiger partial charge in [-0.25, -0.2) is 0 Å². The quantitative estimate of drug-likeness (QED) is 0.615. The van der Waals surface area contributed by atoms with Crippen molar-refractivity contribution in [2.45, 2.75) is 51.1 Å². The zero-order chi connectivity index (χ0) is 17.4. The van der Waals surface area contributed by atoms with E-state index in [1.165, 1.54) is 12.8 Å². The lowest BCUT2D eigenvalue weighted by Crippen LogP contribution is -2.41. The van der Waals surface area contributed by atoms with Gasteiger partial charge < -0.3 is 15.4 Å². The average Bonchev–Trinajstić information content (AvgIpc) is 3.03. The van der Waals surface area contributed by atoms with E-state index >= 15 is 0 Å². The molecule has 1 aromatic carbocycles. The highest BCUT2D eigenvalue weighted by atomic mass is 19.4. The summed E-state index contributed by atoms with van der Waals surface area (Å²) in [6, 6.07) is 7.80. The summed E-state index contributed by atoms with van der Waals surface area (Å²) in [6.45, 7) is -0.727. The number of aliphatic imine (C=N–C) groups is 1. The first-order valence-electron chi connectivity index (χ1n) is 8.16. The van der Waals surface area contributed by atoms with Crippen molar-refractivity contribution in [2.24, 2.45) is 4.99 Å². The minimum atomic E-state index is -4.29. The van der Waals surface area contributed by atoms with Crippen molar-refractivity contribution < 1.29 is 17.9 Å². The van der Waals surface area contributed by atoms with Crippen molar-refractivity contribution >= 4 is 5.96 Å². The fourth-order valence-corrected chi connectivity index (χ4v) is 2.76. The molecule has 134 valence electrons. The highest BCUT2D eigenvalue weighted by Crippen LogP contribution is 2.17. The monoisotopic (exact) mass is 343 g/mol. The first-order chi connectivity index (χ1) is 11.5. The van der Waals surface area contributed by atoms with E-state index in [9.17, 15) is 13.2 Å². The van der Waals surface area contributed by atoms with Gasteiger partial charge in [0, 0.05) is 19.6 Å². The number of nitrogens with zero attached hydrogens (tertiary/aromatic N) is 1. The van der Waals surface area contributed by atoms with Crippen molar-refractivity contribution in [2.75, 3.05) is 13.7 Å². The predicted molar refractivity (Wildman–Crippen MR) is 87.7 cm³/mol. The topological polar surface area (TPSA) is 45.7 Å². The molecule has 0 heterocycles. The third-order valence-corrected chi connectivity index (χ3v) is 3.91. The van der Waals surface area contributed by atoms with Crippen LogP contribution >= 0.6 is 0 Å². The zero-order valence-corrected chi connectivity index (χ0v) is 13.8. The lowest BCUT2D eigenvalue weighted by molar-refractivity contribution is -0.176. The summed E-state index contributed by atoms with van der Waals surface area (Å²) < 4.78 is 41.0. The molecule has 1 saturated carbocycles. The maximum atomic E-state index is 12.1. The van der Waals surface area contributed by atoms with Crippen LogP contribution in [-0.2, 0) is 17.9 Å². The molecule has 1 fully saturated rings. The summed E-state index contributed by atoms with van der Waals surface area (Å²) in [4.78, 5) is 4.21. The first kappa shape index (κ1) is 18.6. The third-order valence-electron chi connectivity index (χ3n) is 3.91. The van der Waals surface area contributed by atoms with E-state index in [-0.39, 0.29) is 6.61 Å². The van der Waals surface area contributed by atoms with E-state index in [4.69, 9.17) is 4.74 Å². The summed E-state index contributed by atoms with van der Waals surface area (Å²) in [5, 5.41) is 6.63. The van der Waals surface area contributed by atoms with Crippen LogP contribution < -0.4 is 10.6 Å². The van der Waals surface area contributed by atoms with Crippen LogP contribution in [0, 0.1) is 0 Å². The maximum Gasteiger partial charge on any atom is 0.411 e. The number of rotatable bonds is 6. The second-order valence-electron chi connectivity index (χ2n) is 5.98. The Kier molecular flexibility index (Phi) is 6.90. The molecule has 1 aliphatic rings. The van der Waals surface area contributed by atoms with Gasteiger partial charge in [0.25, 0.3) is 0 Å². The molecule has 2 rings (SSSR count). The van der Waals surface area contributed by atoms with Gasteiger partial charge in [-0.15, -0.1) is 0 Å². The second kappa shape index (κ2) is 8.92. The van der Waals surface area contributed by atoms with Crippen LogP contribution in [0.2, 0.25) is 0 Å². The molecule has 0 aromatic heterocycles. The average molecular weight is 343 g/mol. The predicted octanol–water partition coefficient (Wildman–Crippen LogP) is 3.37. The van der Waals surface area contributed by atoms with Gasteiger partial charge >= 0.3 is 6.18 Å². The number of ether oxygens (including phenoxy) is 1. The lowest BCUT2D eigenvalue weighted by Gasteiger charge is -2.17. The molecule has 0 bridgehead atoms. The van der Waals surface area contributed by atoms with Gasteiger partial charge in [-0.05, 0) is 24.0 Å². The lowest BCUT2D eigenvalue weighted by atomic mass is 10.1. The summed E-state index contributed by atoms with van der Waals surface area (Å²) in [5.74, 6) is 0.751. The van der Waals surface area contributed by atoms with Crippen molar-refractivity contribution in [1.82, 2.24) is 10.6 Å². The van der Waals surface area contributed by atoms with Crippen LogP contribution in [0.3, 0.4) is 0 Å². The smallest absolute Gasteiger partial charge is 0.367 e.